The fourth-order valence-corrected chi connectivity index (χ4v) is 3.35. The number of ether oxygens (including phenoxy) is 1. The van der Waals surface area contributed by atoms with Gasteiger partial charge in [-0.1, -0.05) is 30.3 Å². The normalized spacial score (nSPS) is 16.8. The molecule has 2 unspecified atom stereocenters. The molecule has 1 heterocycles. The number of hydrogen-bond donors (Lipinski definition) is 2. The molecule has 0 aliphatic carbocycles. The maximum absolute atomic E-state index is 12.2. The molecule has 2 N–H and O–H groups in total. The lowest BCUT2D eigenvalue weighted by molar-refractivity contribution is -0.384. The first-order chi connectivity index (χ1) is 15.8. The van der Waals surface area contributed by atoms with Crippen molar-refractivity contribution in [2.45, 2.75) is 44.4 Å². The predicted octanol–water partition coefficient (Wildman–Crippen LogP) is 1.60. The van der Waals surface area contributed by atoms with Gasteiger partial charge in [0.15, 0.2) is 0 Å². The zero-order valence-electron chi connectivity index (χ0n) is 17.7. The van der Waals surface area contributed by atoms with E-state index in [1.165, 1.54) is 24.3 Å². The number of ketones is 1. The minimum atomic E-state index is -0.705. The zero-order chi connectivity index (χ0) is 23.8. The van der Waals surface area contributed by atoms with Gasteiger partial charge in [0.25, 0.3) is 5.69 Å². The Kier molecular flexibility index (Phi) is 7.85. The molecule has 0 saturated carbocycles. The molecule has 2 atom stereocenters. The minimum Gasteiger partial charge on any atom is -0.460 e. The molecule has 3 rings (SSSR count). The third-order valence-electron chi connectivity index (χ3n) is 5.16. The van der Waals surface area contributed by atoms with E-state index < -0.39 is 23.4 Å². The summed E-state index contributed by atoms with van der Waals surface area (Å²) < 4.78 is 5.04. The number of nitro benzene ring substituents is 1. The Bertz CT molecular complexity index is 1040. The average Bonchev–Trinajstić information content (AvgIpc) is 2.79. The molecule has 1 fully saturated rings. The molecular weight excluding hydrogens is 430 g/mol. The Morgan fingerprint density at radius 1 is 1.03 bits per heavy atom. The Morgan fingerprint density at radius 2 is 1.73 bits per heavy atom. The number of nitrogens with one attached hydrogen (secondary N) is 2. The lowest BCUT2D eigenvalue weighted by atomic mass is 9.92. The van der Waals surface area contributed by atoms with Gasteiger partial charge in [-0.25, -0.2) is 0 Å². The van der Waals surface area contributed by atoms with Crippen molar-refractivity contribution in [1.29, 1.82) is 0 Å². The van der Waals surface area contributed by atoms with Crippen molar-refractivity contribution >= 4 is 29.3 Å². The summed E-state index contributed by atoms with van der Waals surface area (Å²) in [5.74, 6) is -1.65. The quantitative estimate of drug-likeness (QED) is 0.173. The Hall–Kier alpha value is -4.08. The van der Waals surface area contributed by atoms with E-state index in [9.17, 15) is 29.3 Å². The van der Waals surface area contributed by atoms with Crippen LogP contribution in [0.4, 0.5) is 5.69 Å². The molecule has 2 amide bonds. The number of Topliss-reactive ketones (excluding diaryl/α,β-unsaturated/α-hetero) is 1. The van der Waals surface area contributed by atoms with Crippen LogP contribution in [-0.2, 0) is 36.9 Å². The number of amides is 2. The van der Waals surface area contributed by atoms with Crippen molar-refractivity contribution < 1.29 is 28.8 Å². The average molecular weight is 453 g/mol. The van der Waals surface area contributed by atoms with Crippen LogP contribution in [0.1, 0.15) is 30.4 Å². The minimum absolute atomic E-state index is 0.0443. The van der Waals surface area contributed by atoms with Gasteiger partial charge in [-0.15, -0.1) is 0 Å². The van der Waals surface area contributed by atoms with Gasteiger partial charge in [0, 0.05) is 18.6 Å². The van der Waals surface area contributed by atoms with Crippen molar-refractivity contribution in [3.63, 3.8) is 0 Å². The second-order valence-corrected chi connectivity index (χ2v) is 7.66. The van der Waals surface area contributed by atoms with E-state index in [2.05, 4.69) is 10.6 Å². The zero-order valence-corrected chi connectivity index (χ0v) is 17.7. The summed E-state index contributed by atoms with van der Waals surface area (Å²) >= 11 is 0. The summed E-state index contributed by atoms with van der Waals surface area (Å²) in [6, 6.07) is 13.6. The highest BCUT2D eigenvalue weighted by Crippen LogP contribution is 2.15. The molecule has 0 aromatic heterocycles. The standard InChI is InChI=1S/C23H23N3O7/c27-18(13-21(29)33-14-16-6-8-17(9-7-16)26(31)32)10-11-19-22(23(30)24-19)25-20(28)12-15-4-2-1-3-5-15/h1-9,19,22H,10-14H2,(H,24,30)(H,25,28). The molecule has 0 radical (unpaired) electrons. The highest BCUT2D eigenvalue weighted by molar-refractivity contribution is 5.96. The highest BCUT2D eigenvalue weighted by atomic mass is 16.6. The maximum Gasteiger partial charge on any atom is 0.313 e. The summed E-state index contributed by atoms with van der Waals surface area (Å²) in [5.41, 5.74) is 1.32. The van der Waals surface area contributed by atoms with Crippen LogP contribution < -0.4 is 10.6 Å². The second kappa shape index (κ2) is 11.0. The van der Waals surface area contributed by atoms with E-state index in [4.69, 9.17) is 4.74 Å². The smallest absolute Gasteiger partial charge is 0.313 e. The lowest BCUT2D eigenvalue weighted by Crippen LogP contribution is -2.69. The van der Waals surface area contributed by atoms with Crippen molar-refractivity contribution in [3.8, 4) is 0 Å². The van der Waals surface area contributed by atoms with Gasteiger partial charge in [0.2, 0.25) is 11.8 Å². The van der Waals surface area contributed by atoms with Crippen molar-refractivity contribution in [3.05, 3.63) is 75.8 Å². The first kappa shape index (κ1) is 23.6. The second-order valence-electron chi connectivity index (χ2n) is 7.66. The molecule has 1 aliphatic rings. The topological polar surface area (TPSA) is 145 Å². The number of nitro groups is 1. The van der Waals surface area contributed by atoms with Crippen LogP contribution in [-0.4, -0.2) is 40.6 Å². The summed E-state index contributed by atoms with van der Waals surface area (Å²) in [5, 5.41) is 16.0. The van der Waals surface area contributed by atoms with Gasteiger partial charge >= 0.3 is 5.97 Å². The fraction of sp³-hybridized carbons (Fsp3) is 0.304. The van der Waals surface area contributed by atoms with Crippen molar-refractivity contribution in [2.24, 2.45) is 0 Å². The lowest BCUT2D eigenvalue weighted by Gasteiger charge is -2.37. The third-order valence-corrected chi connectivity index (χ3v) is 5.16. The first-order valence-corrected chi connectivity index (χ1v) is 10.4. The molecule has 0 spiro atoms. The molecule has 1 aliphatic heterocycles. The third kappa shape index (κ3) is 6.96. The monoisotopic (exact) mass is 453 g/mol. The predicted molar refractivity (Wildman–Crippen MR) is 116 cm³/mol. The van der Waals surface area contributed by atoms with Crippen LogP contribution in [0.5, 0.6) is 0 Å². The van der Waals surface area contributed by atoms with Crippen LogP contribution in [0, 0.1) is 10.1 Å². The van der Waals surface area contributed by atoms with Crippen LogP contribution in [0.15, 0.2) is 54.6 Å². The molecule has 10 heteroatoms. The highest BCUT2D eigenvalue weighted by Gasteiger charge is 2.40. The van der Waals surface area contributed by atoms with Crippen LogP contribution in [0.2, 0.25) is 0 Å². The van der Waals surface area contributed by atoms with E-state index in [0.29, 0.717) is 5.56 Å². The number of carbonyl (C=O) groups excluding carboxylic acids is 4. The molecule has 10 nitrogen and oxygen atoms in total. The number of non-ortho nitro benzene ring substituents is 1. The first-order valence-electron chi connectivity index (χ1n) is 10.4. The Morgan fingerprint density at radius 3 is 2.36 bits per heavy atom. The molecular formula is C23H23N3O7. The molecule has 172 valence electrons. The van der Waals surface area contributed by atoms with Crippen LogP contribution >= 0.6 is 0 Å². The number of β-lactam (4-membered cyclic amide) rings is 1. The number of nitrogens with zero attached hydrogens (tertiary/aromatic N) is 1. The number of esters is 1. The van der Waals surface area contributed by atoms with Gasteiger partial charge in [0.1, 0.15) is 24.9 Å². The van der Waals surface area contributed by atoms with Gasteiger partial charge in [-0.05, 0) is 29.7 Å². The Balaban J connectivity index is 1.37. The number of carbonyl (C=O) groups is 4. The van der Waals surface area contributed by atoms with Crippen LogP contribution in [0.25, 0.3) is 0 Å². The molecule has 0 bridgehead atoms. The van der Waals surface area contributed by atoms with E-state index in [1.54, 1.807) is 0 Å². The van der Waals surface area contributed by atoms with Gasteiger partial charge in [-0.3, -0.25) is 29.3 Å². The largest absolute Gasteiger partial charge is 0.460 e. The van der Waals surface area contributed by atoms with Crippen molar-refractivity contribution in [2.75, 3.05) is 0 Å². The Labute approximate surface area is 189 Å². The fourth-order valence-electron chi connectivity index (χ4n) is 3.35. The van der Waals surface area contributed by atoms with Crippen LogP contribution in [0.3, 0.4) is 0 Å². The molecule has 1 saturated heterocycles. The van der Waals surface area contributed by atoms with E-state index in [0.717, 1.165) is 5.56 Å². The number of hydrogen-bond acceptors (Lipinski definition) is 7. The summed E-state index contributed by atoms with van der Waals surface area (Å²) in [4.78, 5) is 58.1. The summed E-state index contributed by atoms with van der Waals surface area (Å²) in [6.45, 7) is -0.0989. The SMILES string of the molecule is O=C(CCC1NC(=O)C1NC(=O)Cc1ccccc1)CC(=O)OCc1ccc([N+](=O)[O-])cc1. The van der Waals surface area contributed by atoms with Gasteiger partial charge in [0.05, 0.1) is 17.4 Å². The number of rotatable bonds is 11. The molecule has 2 aromatic carbocycles. The summed E-state index contributed by atoms with van der Waals surface area (Å²) in [6.07, 6.45) is 0.0642. The van der Waals surface area contributed by atoms with Gasteiger partial charge < -0.3 is 15.4 Å². The van der Waals surface area contributed by atoms with Crippen molar-refractivity contribution in [1.82, 2.24) is 10.6 Å². The van der Waals surface area contributed by atoms with E-state index in [1.807, 2.05) is 30.3 Å². The van der Waals surface area contributed by atoms with Gasteiger partial charge in [-0.2, -0.15) is 0 Å². The van der Waals surface area contributed by atoms with E-state index in [-0.39, 0.29) is 55.2 Å². The summed E-state index contributed by atoms with van der Waals surface area (Å²) in [7, 11) is 0. The maximum atomic E-state index is 12.2. The molecule has 33 heavy (non-hydrogen) atoms. The molecule has 2 aromatic rings. The van der Waals surface area contributed by atoms with E-state index >= 15 is 0 Å². The number of benzene rings is 2.